The van der Waals surface area contributed by atoms with E-state index < -0.39 is 10.0 Å². The average molecular weight is 302 g/mol. The van der Waals surface area contributed by atoms with E-state index in [0.717, 1.165) is 6.42 Å². The highest BCUT2D eigenvalue weighted by Crippen LogP contribution is 2.29. The van der Waals surface area contributed by atoms with E-state index in [1.807, 2.05) is 6.92 Å². The van der Waals surface area contributed by atoms with Crippen LogP contribution >= 0.6 is 0 Å². The highest BCUT2D eigenvalue weighted by Gasteiger charge is 2.31. The molecule has 5 nitrogen and oxygen atoms in total. The van der Waals surface area contributed by atoms with Crippen molar-refractivity contribution in [2.24, 2.45) is 11.7 Å². The summed E-state index contributed by atoms with van der Waals surface area (Å²) in [6, 6.07) is 0. The molecule has 0 saturated heterocycles. The van der Waals surface area contributed by atoms with Crippen molar-refractivity contribution in [3.05, 3.63) is 17.1 Å². The van der Waals surface area contributed by atoms with Gasteiger partial charge in [0.25, 0.3) is 0 Å². The molecule has 0 aliphatic heterocycles. The monoisotopic (exact) mass is 302 g/mol. The zero-order chi connectivity index (χ0) is 15.5. The van der Waals surface area contributed by atoms with Crippen molar-refractivity contribution in [1.82, 2.24) is 4.31 Å². The lowest BCUT2D eigenvalue weighted by atomic mass is 10.1. The van der Waals surface area contributed by atoms with E-state index in [0.29, 0.717) is 36.1 Å². The topological polar surface area (TPSA) is 76.5 Å². The third kappa shape index (κ3) is 3.24. The number of hydrogen-bond acceptors (Lipinski definition) is 4. The van der Waals surface area contributed by atoms with Crippen molar-refractivity contribution in [3.8, 4) is 0 Å². The Bertz CT molecular complexity index is 549. The minimum atomic E-state index is -3.55. The predicted octanol–water partition coefficient (Wildman–Crippen LogP) is 2.41. The Hall–Kier alpha value is -0.850. The maximum atomic E-state index is 12.8. The van der Waals surface area contributed by atoms with Gasteiger partial charge >= 0.3 is 0 Å². The summed E-state index contributed by atoms with van der Waals surface area (Å²) in [6.45, 7) is 10.5. The molecule has 1 aromatic rings. The van der Waals surface area contributed by atoms with Gasteiger partial charge in [-0.1, -0.05) is 27.2 Å². The molecule has 1 aromatic heterocycles. The lowest BCUT2D eigenvalue weighted by Gasteiger charge is -2.23. The molecule has 1 unspecified atom stereocenters. The Morgan fingerprint density at radius 3 is 2.30 bits per heavy atom. The summed E-state index contributed by atoms with van der Waals surface area (Å²) in [5.74, 6) is 1.33. The van der Waals surface area contributed by atoms with E-state index in [4.69, 9.17) is 10.2 Å². The van der Waals surface area contributed by atoms with Crippen LogP contribution in [0, 0.1) is 19.8 Å². The van der Waals surface area contributed by atoms with Gasteiger partial charge in [0.1, 0.15) is 16.4 Å². The maximum absolute atomic E-state index is 12.8. The number of furan rings is 1. The molecule has 1 atom stereocenters. The number of nitrogens with two attached hydrogens (primary N) is 1. The van der Waals surface area contributed by atoms with Crippen molar-refractivity contribution in [3.63, 3.8) is 0 Å². The predicted molar refractivity (Wildman–Crippen MR) is 80.0 cm³/mol. The maximum Gasteiger partial charge on any atom is 0.246 e. The van der Waals surface area contributed by atoms with Gasteiger partial charge in [0.05, 0.1) is 0 Å². The molecule has 0 aliphatic carbocycles. The number of nitrogens with zero attached hydrogens (tertiary/aromatic N) is 1. The number of aryl methyl sites for hydroxylation is 2. The zero-order valence-corrected chi connectivity index (χ0v) is 13.9. The first kappa shape index (κ1) is 17.2. The Labute approximate surface area is 122 Å². The molecule has 0 saturated carbocycles. The van der Waals surface area contributed by atoms with Gasteiger partial charge in [-0.2, -0.15) is 4.31 Å². The molecule has 6 heteroatoms. The van der Waals surface area contributed by atoms with E-state index in [1.54, 1.807) is 13.8 Å². The van der Waals surface area contributed by atoms with E-state index in [2.05, 4.69) is 13.8 Å². The van der Waals surface area contributed by atoms with E-state index in [9.17, 15) is 8.42 Å². The van der Waals surface area contributed by atoms with Crippen molar-refractivity contribution < 1.29 is 12.8 Å². The van der Waals surface area contributed by atoms with Crippen molar-refractivity contribution >= 4 is 10.0 Å². The van der Waals surface area contributed by atoms with Gasteiger partial charge in [-0.05, 0) is 19.8 Å². The van der Waals surface area contributed by atoms with E-state index in [1.165, 1.54) is 4.31 Å². The van der Waals surface area contributed by atoms with Crippen molar-refractivity contribution in [2.45, 2.75) is 52.5 Å². The highest BCUT2D eigenvalue weighted by molar-refractivity contribution is 7.89. The van der Waals surface area contributed by atoms with Crippen LogP contribution in [-0.2, 0) is 16.6 Å². The third-order valence-corrected chi connectivity index (χ3v) is 5.83. The second kappa shape index (κ2) is 6.74. The molecule has 0 bridgehead atoms. The molecule has 116 valence electrons. The Morgan fingerprint density at radius 2 is 1.85 bits per heavy atom. The lowest BCUT2D eigenvalue weighted by Crippen LogP contribution is -2.35. The summed E-state index contributed by atoms with van der Waals surface area (Å²) < 4.78 is 32.7. The fourth-order valence-corrected chi connectivity index (χ4v) is 4.28. The number of rotatable bonds is 7. The minimum absolute atomic E-state index is 0.165. The molecule has 20 heavy (non-hydrogen) atoms. The minimum Gasteiger partial charge on any atom is -0.465 e. The molecule has 0 aromatic carbocycles. The van der Waals surface area contributed by atoms with Crippen LogP contribution in [0.15, 0.2) is 9.31 Å². The molecule has 1 heterocycles. The van der Waals surface area contributed by atoms with Crippen molar-refractivity contribution in [1.29, 1.82) is 0 Å². The SMILES string of the molecule is CCC(C)CN(CC)S(=O)(=O)c1c(C)oc(C)c1CN. The standard InChI is InChI=1S/C14H26N2O3S/c1-6-10(3)9-16(7-2)20(17,18)14-12(5)19-11(4)13(14)8-15/h10H,6-9,15H2,1-5H3. The quantitative estimate of drug-likeness (QED) is 0.839. The fraction of sp³-hybridized carbons (Fsp3) is 0.714. The molecule has 0 spiro atoms. The van der Waals surface area contributed by atoms with Gasteiger partial charge in [0, 0.05) is 25.2 Å². The van der Waals surface area contributed by atoms with Crippen LogP contribution in [0.3, 0.4) is 0 Å². The second-order valence-electron chi connectivity index (χ2n) is 5.20. The first-order chi connectivity index (χ1) is 9.29. The summed E-state index contributed by atoms with van der Waals surface area (Å²) in [5, 5.41) is 0. The molecule has 0 fully saturated rings. The van der Waals surface area contributed by atoms with Crippen LogP contribution in [-0.4, -0.2) is 25.8 Å². The average Bonchev–Trinajstić information content (AvgIpc) is 2.69. The molecule has 2 N–H and O–H groups in total. The summed E-state index contributed by atoms with van der Waals surface area (Å²) in [6.07, 6.45) is 0.944. The van der Waals surface area contributed by atoms with Gasteiger partial charge < -0.3 is 10.2 Å². The highest BCUT2D eigenvalue weighted by atomic mass is 32.2. The molecule has 1 rings (SSSR count). The summed E-state index contributed by atoms with van der Waals surface area (Å²) >= 11 is 0. The van der Waals surface area contributed by atoms with Crippen LogP contribution in [0.5, 0.6) is 0 Å². The number of hydrogen-bond donors (Lipinski definition) is 1. The smallest absolute Gasteiger partial charge is 0.246 e. The van der Waals surface area contributed by atoms with Crippen LogP contribution in [0.25, 0.3) is 0 Å². The summed E-state index contributed by atoms with van der Waals surface area (Å²) in [4.78, 5) is 0.252. The summed E-state index contributed by atoms with van der Waals surface area (Å²) in [5.41, 5.74) is 6.28. The molecule has 0 aliphatic rings. The molecular weight excluding hydrogens is 276 g/mol. The van der Waals surface area contributed by atoms with E-state index >= 15 is 0 Å². The van der Waals surface area contributed by atoms with E-state index in [-0.39, 0.29) is 11.4 Å². The first-order valence-corrected chi connectivity index (χ1v) is 8.52. The summed E-state index contributed by atoms with van der Waals surface area (Å²) in [7, 11) is -3.55. The van der Waals surface area contributed by atoms with Crippen LogP contribution in [0.2, 0.25) is 0 Å². The van der Waals surface area contributed by atoms with Crippen LogP contribution < -0.4 is 5.73 Å². The van der Waals surface area contributed by atoms with Gasteiger partial charge in [-0.15, -0.1) is 0 Å². The van der Waals surface area contributed by atoms with Gasteiger partial charge in [0.2, 0.25) is 10.0 Å². The first-order valence-electron chi connectivity index (χ1n) is 7.08. The Balaban J connectivity index is 3.27. The van der Waals surface area contributed by atoms with Crippen LogP contribution in [0.1, 0.15) is 44.3 Å². The van der Waals surface area contributed by atoms with Gasteiger partial charge in [0.15, 0.2) is 0 Å². The zero-order valence-electron chi connectivity index (χ0n) is 13.1. The Kier molecular flexibility index (Phi) is 5.79. The largest absolute Gasteiger partial charge is 0.465 e. The molecule has 0 amide bonds. The Morgan fingerprint density at radius 1 is 1.25 bits per heavy atom. The van der Waals surface area contributed by atoms with Crippen molar-refractivity contribution in [2.75, 3.05) is 13.1 Å². The normalized spacial score (nSPS) is 13.9. The fourth-order valence-electron chi connectivity index (χ4n) is 2.29. The molecular formula is C14H26N2O3S. The van der Waals surface area contributed by atoms with Gasteiger partial charge in [-0.3, -0.25) is 0 Å². The van der Waals surface area contributed by atoms with Crippen LogP contribution in [0.4, 0.5) is 0 Å². The lowest BCUT2D eigenvalue weighted by molar-refractivity contribution is 0.360. The molecule has 0 radical (unpaired) electrons. The number of sulfonamides is 1. The van der Waals surface area contributed by atoms with Gasteiger partial charge in [-0.25, -0.2) is 8.42 Å². The third-order valence-electron chi connectivity index (χ3n) is 3.69. The second-order valence-corrected chi connectivity index (χ2v) is 7.07.